The van der Waals surface area contributed by atoms with Crippen LogP contribution in [0.3, 0.4) is 0 Å². The van der Waals surface area contributed by atoms with Gasteiger partial charge < -0.3 is 4.90 Å². The summed E-state index contributed by atoms with van der Waals surface area (Å²) in [5.41, 5.74) is 0. The third-order valence-corrected chi connectivity index (χ3v) is 3.95. The minimum Gasteiger partial charge on any atom is -0.332 e. The monoisotopic (exact) mass is 235 g/mol. The molecule has 1 rings (SSSR count). The third kappa shape index (κ3) is 3.49. The van der Waals surface area contributed by atoms with Crippen molar-refractivity contribution in [1.29, 1.82) is 0 Å². The second-order valence-corrected chi connectivity index (χ2v) is 5.73. The molecule has 0 aromatic carbocycles. The van der Waals surface area contributed by atoms with E-state index >= 15 is 0 Å². The molecule has 0 N–H and O–H groups in total. The number of likely N-dealkylation sites (tertiary alicyclic amines) is 1. The van der Waals surface area contributed by atoms with Gasteiger partial charge in [0.15, 0.2) is 0 Å². The molecule has 96 valence electrons. The Kier molecular flexibility index (Phi) is 5.05. The second kappa shape index (κ2) is 6.10. The lowest BCUT2D eigenvalue weighted by molar-refractivity contribution is -0.128. The molecular weight excluding hydrogens is 210 g/mol. The number of nitrogens with zero attached hydrogens (tertiary/aromatic N) is 1. The van der Waals surface area contributed by atoms with Gasteiger partial charge in [-0.05, 0) is 42.9 Å². The van der Waals surface area contributed by atoms with Gasteiger partial charge in [-0.15, -0.1) is 0 Å². The van der Waals surface area contributed by atoms with E-state index in [9.17, 15) is 4.79 Å². The van der Waals surface area contributed by atoms with Crippen LogP contribution in [0, 0.1) is 35.5 Å². The molecule has 1 saturated heterocycles. The van der Waals surface area contributed by atoms with Crippen LogP contribution in [0.2, 0.25) is 0 Å². The molecule has 1 aliphatic heterocycles. The molecule has 0 aromatic rings. The van der Waals surface area contributed by atoms with E-state index in [2.05, 4.69) is 39.5 Å². The first-order valence-corrected chi connectivity index (χ1v) is 6.69. The molecular formula is C15H25NO. The maximum absolute atomic E-state index is 11.8. The molecule has 0 saturated carbocycles. The van der Waals surface area contributed by atoms with Crippen molar-refractivity contribution in [2.24, 2.45) is 23.7 Å². The van der Waals surface area contributed by atoms with E-state index in [1.165, 1.54) is 0 Å². The fraction of sp³-hybridized carbons (Fsp3) is 0.800. The summed E-state index contributed by atoms with van der Waals surface area (Å²) < 4.78 is 0. The number of rotatable bonds is 2. The van der Waals surface area contributed by atoms with Crippen LogP contribution >= 0.6 is 0 Å². The minimum absolute atomic E-state index is 0.000330. The van der Waals surface area contributed by atoms with Crippen LogP contribution in [0.4, 0.5) is 0 Å². The van der Waals surface area contributed by atoms with E-state index < -0.39 is 0 Å². The van der Waals surface area contributed by atoms with Gasteiger partial charge in [-0.1, -0.05) is 33.6 Å². The molecule has 0 spiro atoms. The van der Waals surface area contributed by atoms with E-state index in [-0.39, 0.29) is 5.91 Å². The lowest BCUT2D eigenvalue weighted by Gasteiger charge is -2.42. The first-order chi connectivity index (χ1) is 7.97. The van der Waals surface area contributed by atoms with Crippen molar-refractivity contribution in [3.8, 4) is 11.8 Å². The number of hydrogen-bond acceptors (Lipinski definition) is 1. The maximum Gasteiger partial charge on any atom is 0.298 e. The first-order valence-electron chi connectivity index (χ1n) is 6.69. The molecule has 1 fully saturated rings. The normalized spacial score (nSPS) is 24.8. The van der Waals surface area contributed by atoms with E-state index in [0.717, 1.165) is 25.4 Å². The highest BCUT2D eigenvalue weighted by molar-refractivity contribution is 5.93. The zero-order valence-electron chi connectivity index (χ0n) is 11.8. The van der Waals surface area contributed by atoms with E-state index in [0.29, 0.717) is 17.8 Å². The van der Waals surface area contributed by atoms with Gasteiger partial charge in [-0.2, -0.15) is 0 Å². The fourth-order valence-electron chi connectivity index (χ4n) is 2.90. The highest BCUT2D eigenvalue weighted by atomic mass is 16.2. The molecule has 1 heterocycles. The molecule has 0 aromatic heterocycles. The van der Waals surface area contributed by atoms with Gasteiger partial charge in [0.2, 0.25) is 0 Å². The summed E-state index contributed by atoms with van der Waals surface area (Å²) in [4.78, 5) is 13.7. The smallest absolute Gasteiger partial charge is 0.298 e. The van der Waals surface area contributed by atoms with Gasteiger partial charge in [-0.3, -0.25) is 4.79 Å². The molecule has 1 aliphatic rings. The second-order valence-electron chi connectivity index (χ2n) is 5.73. The van der Waals surface area contributed by atoms with Gasteiger partial charge in [0.25, 0.3) is 5.91 Å². The molecule has 2 heteroatoms. The molecule has 1 amide bonds. The van der Waals surface area contributed by atoms with Crippen molar-refractivity contribution in [3.05, 3.63) is 0 Å². The van der Waals surface area contributed by atoms with Crippen molar-refractivity contribution in [3.63, 3.8) is 0 Å². The van der Waals surface area contributed by atoms with Crippen LogP contribution in [-0.2, 0) is 4.79 Å². The van der Waals surface area contributed by atoms with E-state index in [4.69, 9.17) is 0 Å². The number of piperidine rings is 1. The zero-order valence-corrected chi connectivity index (χ0v) is 11.8. The van der Waals surface area contributed by atoms with Crippen LogP contribution in [0.15, 0.2) is 0 Å². The average molecular weight is 235 g/mol. The van der Waals surface area contributed by atoms with Gasteiger partial charge >= 0.3 is 0 Å². The molecule has 2 unspecified atom stereocenters. The summed E-state index contributed by atoms with van der Waals surface area (Å²) in [6.07, 6.45) is 1.12. The SMILES string of the molecule is CC#CC(=O)N1CCC(C(C)C)C(C(C)C)C1. The number of hydrogen-bond donors (Lipinski definition) is 0. The third-order valence-electron chi connectivity index (χ3n) is 3.95. The molecule has 17 heavy (non-hydrogen) atoms. The van der Waals surface area contributed by atoms with Gasteiger partial charge in [-0.25, -0.2) is 0 Å². The Bertz CT molecular complexity index is 322. The predicted molar refractivity (Wildman–Crippen MR) is 71.3 cm³/mol. The highest BCUT2D eigenvalue weighted by Gasteiger charge is 2.34. The highest BCUT2D eigenvalue weighted by Crippen LogP contribution is 2.34. The van der Waals surface area contributed by atoms with Gasteiger partial charge in [0, 0.05) is 13.1 Å². The summed E-state index contributed by atoms with van der Waals surface area (Å²) in [5, 5.41) is 0. The summed E-state index contributed by atoms with van der Waals surface area (Å²) in [6, 6.07) is 0. The number of amides is 1. The van der Waals surface area contributed by atoms with E-state index in [1.54, 1.807) is 6.92 Å². The Balaban J connectivity index is 2.74. The molecule has 0 radical (unpaired) electrons. The van der Waals surface area contributed by atoms with Crippen molar-refractivity contribution in [2.75, 3.05) is 13.1 Å². The molecule has 2 nitrogen and oxygen atoms in total. The van der Waals surface area contributed by atoms with Crippen LogP contribution in [0.5, 0.6) is 0 Å². The first kappa shape index (κ1) is 14.1. The van der Waals surface area contributed by atoms with Crippen molar-refractivity contribution < 1.29 is 4.79 Å². The standard InChI is InChI=1S/C15H25NO/c1-6-7-15(17)16-9-8-13(11(2)3)14(10-16)12(4)5/h11-14H,8-10H2,1-5H3. The fourth-order valence-corrected chi connectivity index (χ4v) is 2.90. The summed E-state index contributed by atoms with van der Waals surface area (Å²) in [7, 11) is 0. The van der Waals surface area contributed by atoms with Gasteiger partial charge in [0.1, 0.15) is 0 Å². The Hall–Kier alpha value is -0.970. The molecule has 0 aliphatic carbocycles. The van der Waals surface area contributed by atoms with Gasteiger partial charge in [0.05, 0.1) is 0 Å². The van der Waals surface area contributed by atoms with Crippen molar-refractivity contribution >= 4 is 5.91 Å². The zero-order chi connectivity index (χ0) is 13.0. The van der Waals surface area contributed by atoms with Crippen LogP contribution in [0.25, 0.3) is 0 Å². The quantitative estimate of drug-likeness (QED) is 0.674. The molecule has 0 bridgehead atoms. The Morgan fingerprint density at radius 2 is 1.76 bits per heavy atom. The minimum atomic E-state index is 0.000330. The Labute approximate surface area is 106 Å². The predicted octanol–water partition coefficient (Wildman–Crippen LogP) is 2.79. The largest absolute Gasteiger partial charge is 0.332 e. The topological polar surface area (TPSA) is 20.3 Å². The lowest BCUT2D eigenvalue weighted by Crippen LogP contribution is -2.46. The van der Waals surface area contributed by atoms with Crippen LogP contribution in [-0.4, -0.2) is 23.9 Å². The number of carbonyl (C=O) groups is 1. The maximum atomic E-state index is 11.8. The summed E-state index contributed by atoms with van der Waals surface area (Å²) >= 11 is 0. The van der Waals surface area contributed by atoms with Crippen molar-refractivity contribution in [1.82, 2.24) is 4.90 Å². The number of carbonyl (C=O) groups excluding carboxylic acids is 1. The van der Waals surface area contributed by atoms with Crippen LogP contribution < -0.4 is 0 Å². The van der Waals surface area contributed by atoms with E-state index in [1.807, 2.05) is 4.90 Å². The molecule has 2 atom stereocenters. The van der Waals surface area contributed by atoms with Crippen LogP contribution in [0.1, 0.15) is 41.0 Å². The summed E-state index contributed by atoms with van der Waals surface area (Å²) in [5.74, 6) is 8.06. The lowest BCUT2D eigenvalue weighted by atomic mass is 9.73. The summed E-state index contributed by atoms with van der Waals surface area (Å²) in [6.45, 7) is 12.6. The van der Waals surface area contributed by atoms with Crippen molar-refractivity contribution in [2.45, 2.75) is 41.0 Å². The Morgan fingerprint density at radius 1 is 1.18 bits per heavy atom. The average Bonchev–Trinajstić information content (AvgIpc) is 2.28. The Morgan fingerprint density at radius 3 is 2.24 bits per heavy atom.